The van der Waals surface area contributed by atoms with Crippen molar-refractivity contribution >= 4 is 49.7 Å². The molecule has 0 saturated heterocycles. The van der Waals surface area contributed by atoms with E-state index in [1.807, 2.05) is 0 Å². The summed E-state index contributed by atoms with van der Waals surface area (Å²) in [6.07, 6.45) is 1.46. The molecule has 1 N–H and O–H groups in total. The van der Waals surface area contributed by atoms with Crippen molar-refractivity contribution in [3.8, 4) is 5.75 Å². The van der Waals surface area contributed by atoms with Gasteiger partial charge in [0.15, 0.2) is 0 Å². The Morgan fingerprint density at radius 1 is 1.06 bits per heavy atom. The Kier molecular flexibility index (Phi) is 8.62. The van der Waals surface area contributed by atoms with Gasteiger partial charge < -0.3 is 4.74 Å². The first-order valence-corrected chi connectivity index (χ1v) is 12.3. The molecular weight excluding hydrogens is 530 g/mol. The van der Waals surface area contributed by atoms with E-state index in [-0.39, 0.29) is 11.4 Å². The average Bonchev–Trinajstić information content (AvgIpc) is 2.81. The van der Waals surface area contributed by atoms with Gasteiger partial charge in [-0.15, -0.1) is 0 Å². The number of benzene rings is 3. The largest absolute Gasteiger partial charge is 0.497 e. The first-order valence-electron chi connectivity index (χ1n) is 9.74. The Bertz CT molecular complexity index is 1220. The zero-order valence-electron chi connectivity index (χ0n) is 17.6. The van der Waals surface area contributed by atoms with Gasteiger partial charge in [-0.1, -0.05) is 39.7 Å². The lowest BCUT2D eigenvalue weighted by molar-refractivity contribution is -0.121. The van der Waals surface area contributed by atoms with Crippen LogP contribution in [-0.4, -0.2) is 38.5 Å². The quantitative estimate of drug-likeness (QED) is 0.315. The summed E-state index contributed by atoms with van der Waals surface area (Å²) in [4.78, 5) is 12.6. The second kappa shape index (κ2) is 11.4. The van der Waals surface area contributed by atoms with Gasteiger partial charge in [-0.05, 0) is 71.8 Å². The number of hydrogen-bond donors (Lipinski definition) is 1. The molecule has 0 aliphatic rings. The monoisotopic (exact) mass is 549 g/mol. The first-order chi connectivity index (χ1) is 15.8. The minimum Gasteiger partial charge on any atom is -0.497 e. The third-order valence-electron chi connectivity index (χ3n) is 4.56. The second-order valence-corrected chi connectivity index (χ2v) is 10.2. The summed E-state index contributed by atoms with van der Waals surface area (Å²) in [6, 6.07) is 20.1. The van der Waals surface area contributed by atoms with Crippen molar-refractivity contribution in [1.29, 1.82) is 0 Å². The number of sulfonamides is 1. The van der Waals surface area contributed by atoms with Gasteiger partial charge in [0.1, 0.15) is 5.75 Å². The third-order valence-corrected chi connectivity index (χ3v) is 7.15. The third kappa shape index (κ3) is 7.13. The molecule has 10 heteroatoms. The molecule has 1 amide bonds. The van der Waals surface area contributed by atoms with E-state index in [0.29, 0.717) is 16.3 Å². The molecule has 0 fully saturated rings. The SMILES string of the molecule is COc1ccc(/C=N\NC(=O)CN(Cc2ccc(Cl)cc2)S(=O)(=O)c2ccc(Br)cc2)cc1. The van der Waals surface area contributed by atoms with Crippen molar-refractivity contribution in [1.82, 2.24) is 9.73 Å². The lowest BCUT2D eigenvalue weighted by atomic mass is 10.2. The molecular formula is C23H21BrClN3O4S. The molecule has 0 atom stereocenters. The van der Waals surface area contributed by atoms with Crippen molar-refractivity contribution in [2.45, 2.75) is 11.4 Å². The van der Waals surface area contributed by atoms with Crippen LogP contribution in [-0.2, 0) is 21.4 Å². The van der Waals surface area contributed by atoms with E-state index >= 15 is 0 Å². The predicted octanol–water partition coefficient (Wildman–Crippen LogP) is 4.45. The van der Waals surface area contributed by atoms with Gasteiger partial charge in [0, 0.05) is 16.0 Å². The Hall–Kier alpha value is -2.72. The minimum atomic E-state index is -3.95. The lowest BCUT2D eigenvalue weighted by Crippen LogP contribution is -2.39. The first kappa shape index (κ1) is 24.9. The van der Waals surface area contributed by atoms with Crippen LogP contribution in [0.2, 0.25) is 5.02 Å². The van der Waals surface area contributed by atoms with Crippen LogP contribution in [0.3, 0.4) is 0 Å². The van der Waals surface area contributed by atoms with E-state index in [9.17, 15) is 13.2 Å². The molecule has 33 heavy (non-hydrogen) atoms. The highest BCUT2D eigenvalue weighted by Gasteiger charge is 2.27. The number of methoxy groups -OCH3 is 1. The van der Waals surface area contributed by atoms with E-state index in [4.69, 9.17) is 16.3 Å². The van der Waals surface area contributed by atoms with Gasteiger partial charge >= 0.3 is 0 Å². The van der Waals surface area contributed by atoms with Crippen molar-refractivity contribution in [3.05, 3.63) is 93.4 Å². The standard InChI is InChI=1S/C23H21BrClN3O4S/c1-32-21-10-4-17(5-11-21)14-26-27-23(29)16-28(15-18-2-8-20(25)9-3-18)33(30,31)22-12-6-19(24)7-13-22/h2-14H,15-16H2,1H3,(H,27,29)/b26-14-. The van der Waals surface area contributed by atoms with E-state index in [0.717, 1.165) is 14.3 Å². The molecule has 0 aliphatic carbocycles. The molecule has 7 nitrogen and oxygen atoms in total. The number of hydrogen-bond acceptors (Lipinski definition) is 5. The van der Waals surface area contributed by atoms with Crippen LogP contribution in [0.5, 0.6) is 5.75 Å². The maximum absolute atomic E-state index is 13.3. The highest BCUT2D eigenvalue weighted by Crippen LogP contribution is 2.21. The second-order valence-electron chi connectivity index (χ2n) is 6.92. The molecule has 0 spiro atoms. The number of ether oxygens (including phenoxy) is 1. The predicted molar refractivity (Wildman–Crippen MR) is 132 cm³/mol. The van der Waals surface area contributed by atoms with E-state index in [2.05, 4.69) is 26.5 Å². The summed E-state index contributed by atoms with van der Waals surface area (Å²) >= 11 is 9.23. The van der Waals surface area contributed by atoms with Gasteiger partial charge in [-0.3, -0.25) is 4.79 Å². The topological polar surface area (TPSA) is 88.1 Å². The maximum atomic E-state index is 13.3. The summed E-state index contributed by atoms with van der Waals surface area (Å²) in [7, 11) is -2.38. The summed E-state index contributed by atoms with van der Waals surface area (Å²) in [5.41, 5.74) is 3.82. The molecule has 0 bridgehead atoms. The van der Waals surface area contributed by atoms with Gasteiger partial charge in [-0.25, -0.2) is 13.8 Å². The van der Waals surface area contributed by atoms with Gasteiger partial charge in [0.05, 0.1) is 24.8 Å². The van der Waals surface area contributed by atoms with Gasteiger partial charge in [-0.2, -0.15) is 9.41 Å². The molecule has 3 rings (SSSR count). The highest BCUT2D eigenvalue weighted by molar-refractivity contribution is 9.10. The molecule has 0 radical (unpaired) electrons. The van der Waals surface area contributed by atoms with Crippen molar-refractivity contribution < 1.29 is 17.9 Å². The number of halogens is 2. The molecule has 3 aromatic carbocycles. The molecule has 0 unspecified atom stereocenters. The number of nitrogens with zero attached hydrogens (tertiary/aromatic N) is 2. The molecule has 0 saturated carbocycles. The van der Waals surface area contributed by atoms with Crippen LogP contribution < -0.4 is 10.2 Å². The van der Waals surface area contributed by atoms with E-state index in [1.165, 1.54) is 18.3 Å². The Labute approximate surface area is 206 Å². The van der Waals surface area contributed by atoms with Crippen molar-refractivity contribution in [3.63, 3.8) is 0 Å². The van der Waals surface area contributed by atoms with Gasteiger partial charge in [0.25, 0.3) is 5.91 Å². The van der Waals surface area contributed by atoms with Crippen LogP contribution in [0.4, 0.5) is 0 Å². The van der Waals surface area contributed by atoms with Crippen LogP contribution in [0.1, 0.15) is 11.1 Å². The number of nitrogens with one attached hydrogen (secondary N) is 1. The zero-order valence-corrected chi connectivity index (χ0v) is 20.8. The van der Waals surface area contributed by atoms with Crippen LogP contribution in [0, 0.1) is 0 Å². The Balaban J connectivity index is 1.76. The van der Waals surface area contributed by atoms with Crippen LogP contribution in [0.15, 0.2) is 87.3 Å². The molecule has 172 valence electrons. The Morgan fingerprint density at radius 2 is 1.70 bits per heavy atom. The fourth-order valence-electron chi connectivity index (χ4n) is 2.84. The number of hydrazone groups is 1. The molecule has 3 aromatic rings. The smallest absolute Gasteiger partial charge is 0.255 e. The molecule has 0 aliphatic heterocycles. The van der Waals surface area contributed by atoms with Crippen molar-refractivity contribution in [2.75, 3.05) is 13.7 Å². The number of rotatable bonds is 9. The van der Waals surface area contributed by atoms with Crippen molar-refractivity contribution in [2.24, 2.45) is 5.10 Å². The summed E-state index contributed by atoms with van der Waals surface area (Å²) in [5.74, 6) is 0.126. The zero-order chi connectivity index (χ0) is 23.8. The summed E-state index contributed by atoms with van der Waals surface area (Å²) in [6.45, 7) is -0.424. The van der Waals surface area contributed by atoms with Gasteiger partial charge in [0.2, 0.25) is 10.0 Å². The normalized spacial score (nSPS) is 11.6. The fraction of sp³-hybridized carbons (Fsp3) is 0.130. The Morgan fingerprint density at radius 3 is 2.30 bits per heavy atom. The minimum absolute atomic E-state index is 0.00875. The fourth-order valence-corrected chi connectivity index (χ4v) is 4.61. The highest BCUT2D eigenvalue weighted by atomic mass is 79.9. The maximum Gasteiger partial charge on any atom is 0.255 e. The van der Waals surface area contributed by atoms with E-state index < -0.39 is 22.5 Å². The molecule has 0 aromatic heterocycles. The van der Waals surface area contributed by atoms with Crippen LogP contribution in [0.25, 0.3) is 0 Å². The average molecular weight is 551 g/mol. The number of amides is 1. The van der Waals surface area contributed by atoms with E-state index in [1.54, 1.807) is 67.8 Å². The summed E-state index contributed by atoms with van der Waals surface area (Å²) < 4.78 is 33.5. The number of carbonyl (C=O) groups excluding carboxylic acids is 1. The molecule has 0 heterocycles. The number of carbonyl (C=O) groups is 1. The summed E-state index contributed by atoms with van der Waals surface area (Å²) in [5, 5.41) is 4.46. The lowest BCUT2D eigenvalue weighted by Gasteiger charge is -2.21. The van der Waals surface area contributed by atoms with Crippen LogP contribution >= 0.6 is 27.5 Å².